The van der Waals surface area contributed by atoms with Crippen LogP contribution in [0.25, 0.3) is 0 Å². The van der Waals surface area contributed by atoms with Crippen molar-refractivity contribution in [2.75, 3.05) is 17.1 Å². The molecule has 0 saturated heterocycles. The van der Waals surface area contributed by atoms with E-state index in [0.29, 0.717) is 22.7 Å². The molecule has 2 aromatic rings. The van der Waals surface area contributed by atoms with Crippen LogP contribution in [-0.2, 0) is 19.6 Å². The molecule has 1 aliphatic carbocycles. The van der Waals surface area contributed by atoms with E-state index in [1.807, 2.05) is 0 Å². The predicted octanol–water partition coefficient (Wildman–Crippen LogP) is 3.44. The summed E-state index contributed by atoms with van der Waals surface area (Å²) in [5.41, 5.74) is 1.18. The molecule has 0 spiro atoms. The summed E-state index contributed by atoms with van der Waals surface area (Å²) >= 11 is 0. The fourth-order valence-electron chi connectivity index (χ4n) is 4.02. The van der Waals surface area contributed by atoms with Gasteiger partial charge in [-0.05, 0) is 55.5 Å². The van der Waals surface area contributed by atoms with Crippen LogP contribution in [0.15, 0.2) is 47.4 Å². The SMILES string of the molecule is COc1ccccc1NS(=O)(=O)c1cc(NC(=O)C(NC(C)=O)C2CCCC2)ccc1C. The van der Waals surface area contributed by atoms with Crippen molar-refractivity contribution >= 4 is 33.2 Å². The van der Waals surface area contributed by atoms with Gasteiger partial charge in [-0.3, -0.25) is 14.3 Å². The molecule has 3 rings (SSSR count). The molecule has 1 aliphatic rings. The number of para-hydroxylation sites is 2. The molecule has 2 aromatic carbocycles. The summed E-state index contributed by atoms with van der Waals surface area (Å²) < 4.78 is 33.9. The summed E-state index contributed by atoms with van der Waals surface area (Å²) in [4.78, 5) is 24.6. The molecule has 9 heteroatoms. The van der Waals surface area contributed by atoms with Gasteiger partial charge in [0.2, 0.25) is 11.8 Å². The van der Waals surface area contributed by atoms with E-state index in [-0.39, 0.29) is 22.6 Å². The van der Waals surface area contributed by atoms with Gasteiger partial charge >= 0.3 is 0 Å². The molecule has 32 heavy (non-hydrogen) atoms. The summed E-state index contributed by atoms with van der Waals surface area (Å²) in [5, 5.41) is 5.53. The standard InChI is InChI=1S/C23H29N3O5S/c1-15-12-13-18(25-23(28)22(24-16(2)27)17-8-4-5-9-17)14-21(15)32(29,30)26-19-10-6-7-11-20(19)31-3/h6-7,10-14,17,22,26H,4-5,8-9H2,1-3H3,(H,24,27)(H,25,28). The van der Waals surface area contributed by atoms with E-state index in [4.69, 9.17) is 4.74 Å². The van der Waals surface area contributed by atoms with E-state index < -0.39 is 16.1 Å². The average Bonchev–Trinajstić information content (AvgIpc) is 3.27. The largest absolute Gasteiger partial charge is 0.495 e. The molecular weight excluding hydrogens is 430 g/mol. The minimum Gasteiger partial charge on any atom is -0.495 e. The fourth-order valence-corrected chi connectivity index (χ4v) is 5.37. The number of nitrogens with one attached hydrogen (secondary N) is 3. The van der Waals surface area contributed by atoms with Gasteiger partial charge in [-0.1, -0.05) is 31.0 Å². The Morgan fingerprint density at radius 1 is 1.09 bits per heavy atom. The number of hydrogen-bond acceptors (Lipinski definition) is 5. The lowest BCUT2D eigenvalue weighted by Crippen LogP contribution is -2.47. The Morgan fingerprint density at radius 3 is 2.44 bits per heavy atom. The third kappa shape index (κ3) is 5.59. The van der Waals surface area contributed by atoms with Gasteiger partial charge in [0, 0.05) is 12.6 Å². The predicted molar refractivity (Wildman–Crippen MR) is 123 cm³/mol. The van der Waals surface area contributed by atoms with Gasteiger partial charge in [0.1, 0.15) is 11.8 Å². The van der Waals surface area contributed by atoms with Gasteiger partial charge in [-0.25, -0.2) is 8.42 Å². The van der Waals surface area contributed by atoms with Gasteiger partial charge in [-0.15, -0.1) is 0 Å². The zero-order valence-corrected chi connectivity index (χ0v) is 19.3. The van der Waals surface area contributed by atoms with Crippen molar-refractivity contribution in [2.24, 2.45) is 5.92 Å². The van der Waals surface area contributed by atoms with E-state index in [1.165, 1.54) is 20.1 Å². The number of ether oxygens (including phenoxy) is 1. The minimum atomic E-state index is -3.94. The second-order valence-electron chi connectivity index (χ2n) is 8.00. The summed E-state index contributed by atoms with van der Waals surface area (Å²) in [7, 11) is -2.48. The summed E-state index contributed by atoms with van der Waals surface area (Å²) in [6.45, 7) is 3.07. The number of hydrogen-bond donors (Lipinski definition) is 3. The molecule has 1 unspecified atom stereocenters. The van der Waals surface area contributed by atoms with Crippen LogP contribution in [0.4, 0.5) is 11.4 Å². The number of carbonyl (C=O) groups is 2. The van der Waals surface area contributed by atoms with Gasteiger partial charge in [0.25, 0.3) is 10.0 Å². The molecule has 0 heterocycles. The van der Waals surface area contributed by atoms with Crippen molar-refractivity contribution in [3.63, 3.8) is 0 Å². The minimum absolute atomic E-state index is 0.0400. The van der Waals surface area contributed by atoms with Gasteiger partial charge in [-0.2, -0.15) is 0 Å². The van der Waals surface area contributed by atoms with Crippen LogP contribution >= 0.6 is 0 Å². The van der Waals surface area contributed by atoms with Crippen molar-refractivity contribution in [1.82, 2.24) is 5.32 Å². The van der Waals surface area contributed by atoms with Crippen molar-refractivity contribution in [3.8, 4) is 5.75 Å². The molecule has 0 radical (unpaired) electrons. The first-order chi connectivity index (χ1) is 15.2. The number of methoxy groups -OCH3 is 1. The second kappa shape index (κ2) is 10.0. The van der Waals surface area contributed by atoms with Gasteiger partial charge < -0.3 is 15.4 Å². The first kappa shape index (κ1) is 23.6. The summed E-state index contributed by atoms with van der Waals surface area (Å²) in [5.74, 6) is -0.158. The lowest BCUT2D eigenvalue weighted by atomic mass is 9.97. The third-order valence-corrected chi connectivity index (χ3v) is 7.12. The molecule has 1 atom stereocenters. The van der Waals surface area contributed by atoms with Crippen molar-refractivity contribution in [2.45, 2.75) is 50.5 Å². The molecule has 0 aromatic heterocycles. The monoisotopic (exact) mass is 459 g/mol. The number of sulfonamides is 1. The second-order valence-corrected chi connectivity index (χ2v) is 9.65. The zero-order valence-electron chi connectivity index (χ0n) is 18.5. The van der Waals surface area contributed by atoms with E-state index in [0.717, 1.165) is 25.7 Å². The molecule has 0 bridgehead atoms. The van der Waals surface area contributed by atoms with Crippen molar-refractivity contribution < 1.29 is 22.7 Å². The molecule has 2 amide bonds. The smallest absolute Gasteiger partial charge is 0.262 e. The highest BCUT2D eigenvalue weighted by Gasteiger charge is 2.31. The maximum absolute atomic E-state index is 13.1. The number of carbonyl (C=O) groups excluding carboxylic acids is 2. The Bertz CT molecular complexity index is 1090. The highest BCUT2D eigenvalue weighted by molar-refractivity contribution is 7.92. The highest BCUT2D eigenvalue weighted by atomic mass is 32.2. The van der Waals surface area contributed by atoms with E-state index in [1.54, 1.807) is 43.3 Å². The lowest BCUT2D eigenvalue weighted by molar-refractivity contribution is -0.126. The van der Waals surface area contributed by atoms with Gasteiger partial charge in [0.15, 0.2) is 0 Å². The average molecular weight is 460 g/mol. The van der Waals surface area contributed by atoms with Crippen LogP contribution < -0.4 is 20.1 Å². The number of anilines is 2. The van der Waals surface area contributed by atoms with Crippen LogP contribution in [0.2, 0.25) is 0 Å². The molecule has 3 N–H and O–H groups in total. The zero-order chi connectivity index (χ0) is 23.3. The Labute approximate surface area is 188 Å². The summed E-state index contributed by atoms with van der Waals surface area (Å²) in [6, 6.07) is 10.8. The Morgan fingerprint density at radius 2 is 1.78 bits per heavy atom. The van der Waals surface area contributed by atoms with Crippen molar-refractivity contribution in [1.29, 1.82) is 0 Å². The topological polar surface area (TPSA) is 114 Å². The maximum atomic E-state index is 13.1. The summed E-state index contributed by atoms with van der Waals surface area (Å²) in [6.07, 6.45) is 3.79. The number of aryl methyl sites for hydroxylation is 1. The first-order valence-corrected chi connectivity index (χ1v) is 12.0. The van der Waals surface area contributed by atoms with E-state index in [9.17, 15) is 18.0 Å². The first-order valence-electron chi connectivity index (χ1n) is 10.6. The van der Waals surface area contributed by atoms with Gasteiger partial charge in [0.05, 0.1) is 17.7 Å². The molecule has 1 fully saturated rings. The highest BCUT2D eigenvalue weighted by Crippen LogP contribution is 2.30. The Kier molecular flexibility index (Phi) is 7.40. The molecular formula is C23H29N3O5S. The molecule has 8 nitrogen and oxygen atoms in total. The quantitative estimate of drug-likeness (QED) is 0.560. The maximum Gasteiger partial charge on any atom is 0.262 e. The van der Waals surface area contributed by atoms with Crippen LogP contribution in [0.1, 0.15) is 38.2 Å². The fraction of sp³-hybridized carbons (Fsp3) is 0.391. The Hall–Kier alpha value is -3.07. The normalized spacial score (nSPS) is 15.1. The number of amides is 2. The van der Waals surface area contributed by atoms with E-state index in [2.05, 4.69) is 15.4 Å². The number of benzene rings is 2. The van der Waals surface area contributed by atoms with Crippen LogP contribution in [0, 0.1) is 12.8 Å². The molecule has 1 saturated carbocycles. The lowest BCUT2D eigenvalue weighted by Gasteiger charge is -2.23. The van der Waals surface area contributed by atoms with Crippen LogP contribution in [0.5, 0.6) is 5.75 Å². The molecule has 0 aliphatic heterocycles. The third-order valence-electron chi connectivity index (χ3n) is 5.61. The van der Waals surface area contributed by atoms with Crippen LogP contribution in [0.3, 0.4) is 0 Å². The van der Waals surface area contributed by atoms with Crippen LogP contribution in [-0.4, -0.2) is 33.4 Å². The Balaban J connectivity index is 1.84. The molecule has 172 valence electrons. The van der Waals surface area contributed by atoms with E-state index >= 15 is 0 Å². The van der Waals surface area contributed by atoms with Crippen molar-refractivity contribution in [3.05, 3.63) is 48.0 Å². The number of rotatable bonds is 8.